The Labute approximate surface area is 92.7 Å². The molecule has 0 amide bonds. The zero-order valence-corrected chi connectivity index (χ0v) is 10.3. The minimum Gasteiger partial charge on any atom is -0.377 e. The van der Waals surface area contributed by atoms with Gasteiger partial charge in [-0.15, -0.1) is 0 Å². The fourth-order valence-electron chi connectivity index (χ4n) is 2.27. The van der Waals surface area contributed by atoms with Crippen LogP contribution in [0.25, 0.3) is 0 Å². The second kappa shape index (κ2) is 5.80. The van der Waals surface area contributed by atoms with E-state index in [1.165, 1.54) is 0 Å². The van der Waals surface area contributed by atoms with Crippen LogP contribution < -0.4 is 5.73 Å². The first-order valence-electron chi connectivity index (χ1n) is 5.63. The van der Waals surface area contributed by atoms with Gasteiger partial charge >= 0.3 is 0 Å². The minimum absolute atomic E-state index is 0.200. The molecule has 1 aliphatic heterocycles. The van der Waals surface area contributed by atoms with E-state index in [0.717, 1.165) is 19.5 Å². The van der Waals surface area contributed by atoms with E-state index < -0.39 is 0 Å². The summed E-state index contributed by atoms with van der Waals surface area (Å²) in [6, 6.07) is 0.755. The Morgan fingerprint density at radius 3 is 2.00 bits per heavy atom. The molecule has 15 heavy (non-hydrogen) atoms. The third-order valence-electron chi connectivity index (χ3n) is 3.19. The van der Waals surface area contributed by atoms with E-state index in [9.17, 15) is 0 Å². The average molecular weight is 216 g/mol. The molecule has 0 aliphatic carbocycles. The highest BCUT2D eigenvalue weighted by molar-refractivity contribution is 4.88. The molecule has 1 aliphatic rings. The monoisotopic (exact) mass is 216 g/mol. The second-order valence-electron chi connectivity index (χ2n) is 4.56. The molecule has 1 saturated heterocycles. The van der Waals surface area contributed by atoms with Crippen molar-refractivity contribution in [2.24, 2.45) is 5.73 Å². The summed E-state index contributed by atoms with van der Waals surface area (Å²) in [6.45, 7) is 6.16. The van der Waals surface area contributed by atoms with Crippen LogP contribution in [0.4, 0.5) is 0 Å². The third kappa shape index (κ3) is 3.41. The molecule has 2 N–H and O–H groups in total. The van der Waals surface area contributed by atoms with Gasteiger partial charge < -0.3 is 15.2 Å². The Morgan fingerprint density at radius 2 is 1.67 bits per heavy atom. The summed E-state index contributed by atoms with van der Waals surface area (Å²) in [4.78, 5) is 2.39. The molecule has 0 spiro atoms. The van der Waals surface area contributed by atoms with Crippen molar-refractivity contribution in [2.75, 3.05) is 27.3 Å². The molecule has 0 aromatic rings. The Bertz CT molecular complexity index is 175. The highest BCUT2D eigenvalue weighted by Gasteiger charge is 2.35. The van der Waals surface area contributed by atoms with Crippen molar-refractivity contribution in [3.8, 4) is 0 Å². The summed E-state index contributed by atoms with van der Waals surface area (Å²) in [6.07, 6.45) is 1.42. The molecule has 4 heteroatoms. The number of ether oxygens (including phenoxy) is 2. The van der Waals surface area contributed by atoms with Crippen molar-refractivity contribution in [2.45, 2.75) is 44.6 Å². The fourth-order valence-corrected chi connectivity index (χ4v) is 2.27. The average Bonchev–Trinajstić information content (AvgIpc) is 2.59. The van der Waals surface area contributed by atoms with Crippen molar-refractivity contribution in [3.05, 3.63) is 0 Å². The molecule has 1 heterocycles. The van der Waals surface area contributed by atoms with Crippen LogP contribution in [0.1, 0.15) is 20.3 Å². The van der Waals surface area contributed by atoms with Gasteiger partial charge in [0, 0.05) is 39.4 Å². The summed E-state index contributed by atoms with van der Waals surface area (Å²) in [5, 5.41) is 0. The van der Waals surface area contributed by atoms with Crippen LogP contribution in [0.5, 0.6) is 0 Å². The summed E-state index contributed by atoms with van der Waals surface area (Å²) in [5.74, 6) is 0. The summed E-state index contributed by atoms with van der Waals surface area (Å²) in [5.41, 5.74) is 5.81. The standard InChI is InChI=1S/C11H24N2O2/c1-8(12)5-9(2)13-6-10(14-3)11(7-13)15-4/h8-11H,5-7,12H2,1-4H3. The van der Waals surface area contributed by atoms with Crippen molar-refractivity contribution in [3.63, 3.8) is 0 Å². The topological polar surface area (TPSA) is 47.7 Å². The predicted octanol–water partition coefficient (Wildman–Crippen LogP) is 0.458. The number of likely N-dealkylation sites (tertiary alicyclic amines) is 1. The maximum absolute atomic E-state index is 5.81. The molecular formula is C11H24N2O2. The van der Waals surface area contributed by atoms with Crippen LogP contribution in [-0.4, -0.2) is 56.5 Å². The highest BCUT2D eigenvalue weighted by Crippen LogP contribution is 2.19. The number of hydrogen-bond donors (Lipinski definition) is 1. The summed E-state index contributed by atoms with van der Waals surface area (Å²) in [7, 11) is 3.49. The molecule has 0 radical (unpaired) electrons. The van der Waals surface area contributed by atoms with E-state index in [2.05, 4.69) is 11.8 Å². The van der Waals surface area contributed by atoms with Gasteiger partial charge in [-0.3, -0.25) is 4.90 Å². The van der Waals surface area contributed by atoms with Crippen LogP contribution in [0.3, 0.4) is 0 Å². The zero-order chi connectivity index (χ0) is 11.4. The molecule has 1 rings (SSSR count). The van der Waals surface area contributed by atoms with Crippen LogP contribution >= 0.6 is 0 Å². The first-order valence-corrected chi connectivity index (χ1v) is 5.63. The van der Waals surface area contributed by atoms with Gasteiger partial charge in [0.05, 0.1) is 12.2 Å². The largest absolute Gasteiger partial charge is 0.377 e. The van der Waals surface area contributed by atoms with Crippen molar-refractivity contribution >= 4 is 0 Å². The Kier molecular flexibility index (Phi) is 4.99. The van der Waals surface area contributed by atoms with E-state index in [1.54, 1.807) is 14.2 Å². The smallest absolute Gasteiger partial charge is 0.0971 e. The molecule has 4 atom stereocenters. The van der Waals surface area contributed by atoms with Crippen molar-refractivity contribution < 1.29 is 9.47 Å². The number of rotatable bonds is 5. The van der Waals surface area contributed by atoms with E-state index in [-0.39, 0.29) is 18.2 Å². The molecule has 0 bridgehead atoms. The van der Waals surface area contributed by atoms with Crippen LogP contribution in [-0.2, 0) is 9.47 Å². The molecule has 0 aromatic heterocycles. The molecule has 4 unspecified atom stereocenters. The van der Waals surface area contributed by atoms with Crippen LogP contribution in [0.2, 0.25) is 0 Å². The van der Waals surface area contributed by atoms with Gasteiger partial charge in [0.2, 0.25) is 0 Å². The third-order valence-corrected chi connectivity index (χ3v) is 3.19. The first-order chi connectivity index (χ1) is 7.08. The highest BCUT2D eigenvalue weighted by atomic mass is 16.5. The van der Waals surface area contributed by atoms with E-state index in [4.69, 9.17) is 15.2 Å². The Morgan fingerprint density at radius 1 is 1.20 bits per heavy atom. The quantitative estimate of drug-likeness (QED) is 0.725. The number of hydrogen-bond acceptors (Lipinski definition) is 4. The van der Waals surface area contributed by atoms with Crippen molar-refractivity contribution in [1.82, 2.24) is 4.90 Å². The van der Waals surface area contributed by atoms with Gasteiger partial charge in [-0.25, -0.2) is 0 Å². The lowest BCUT2D eigenvalue weighted by Gasteiger charge is -2.25. The Hall–Kier alpha value is -0.160. The van der Waals surface area contributed by atoms with E-state index in [1.807, 2.05) is 6.92 Å². The molecule has 1 fully saturated rings. The molecule has 4 nitrogen and oxygen atoms in total. The molecule has 0 saturated carbocycles. The maximum atomic E-state index is 5.81. The SMILES string of the molecule is COC1CN(C(C)CC(C)N)CC1OC. The second-order valence-corrected chi connectivity index (χ2v) is 4.56. The van der Waals surface area contributed by atoms with Gasteiger partial charge in [0.15, 0.2) is 0 Å². The Balaban J connectivity index is 2.45. The number of nitrogens with two attached hydrogens (primary N) is 1. The summed E-state index contributed by atoms with van der Waals surface area (Å²) >= 11 is 0. The van der Waals surface area contributed by atoms with Gasteiger partial charge in [0.1, 0.15) is 0 Å². The summed E-state index contributed by atoms with van der Waals surface area (Å²) < 4.78 is 10.8. The van der Waals surface area contributed by atoms with Gasteiger partial charge in [-0.05, 0) is 20.3 Å². The molecular weight excluding hydrogens is 192 g/mol. The van der Waals surface area contributed by atoms with Crippen molar-refractivity contribution in [1.29, 1.82) is 0 Å². The van der Waals surface area contributed by atoms with Gasteiger partial charge in [-0.1, -0.05) is 0 Å². The maximum Gasteiger partial charge on any atom is 0.0971 e. The lowest BCUT2D eigenvalue weighted by atomic mass is 10.1. The number of nitrogens with zero attached hydrogens (tertiary/aromatic N) is 1. The first kappa shape index (κ1) is 12.9. The fraction of sp³-hybridized carbons (Fsp3) is 1.00. The van der Waals surface area contributed by atoms with Crippen LogP contribution in [0, 0.1) is 0 Å². The molecule has 0 aromatic carbocycles. The van der Waals surface area contributed by atoms with E-state index >= 15 is 0 Å². The van der Waals surface area contributed by atoms with Gasteiger partial charge in [0.25, 0.3) is 0 Å². The lowest BCUT2D eigenvalue weighted by molar-refractivity contribution is -0.00461. The number of methoxy groups -OCH3 is 2. The lowest BCUT2D eigenvalue weighted by Crippen LogP contribution is -2.36. The minimum atomic E-state index is 0.200. The van der Waals surface area contributed by atoms with E-state index in [0.29, 0.717) is 6.04 Å². The van der Waals surface area contributed by atoms with Crippen LogP contribution in [0.15, 0.2) is 0 Å². The predicted molar refractivity (Wildman–Crippen MR) is 60.9 cm³/mol. The van der Waals surface area contributed by atoms with Gasteiger partial charge in [-0.2, -0.15) is 0 Å². The normalized spacial score (nSPS) is 31.8. The molecule has 90 valence electrons. The zero-order valence-electron chi connectivity index (χ0n) is 10.3.